The summed E-state index contributed by atoms with van der Waals surface area (Å²) in [5.41, 5.74) is 3.18. The summed E-state index contributed by atoms with van der Waals surface area (Å²) in [4.78, 5) is 15.8. The number of piperidine rings is 1. The first-order valence-corrected chi connectivity index (χ1v) is 15.6. The molecule has 2 aromatic carbocycles. The topological polar surface area (TPSA) is 77.1 Å². The normalized spacial score (nSPS) is 14.9. The van der Waals surface area contributed by atoms with Crippen molar-refractivity contribution in [2.24, 2.45) is 5.92 Å². The molecular weight excluding hydrogens is 499 g/mol. The zero-order valence-corrected chi connectivity index (χ0v) is 24.6. The van der Waals surface area contributed by atoms with Crippen molar-refractivity contribution in [2.75, 3.05) is 37.8 Å². The zero-order chi connectivity index (χ0) is 27.5. The van der Waals surface area contributed by atoms with E-state index in [1.165, 1.54) is 30.5 Å². The molecule has 0 radical (unpaired) electrons. The molecule has 1 atom stereocenters. The highest BCUT2D eigenvalue weighted by Crippen LogP contribution is 2.49. The van der Waals surface area contributed by atoms with Crippen LogP contribution < -0.4 is 20.3 Å². The van der Waals surface area contributed by atoms with Crippen molar-refractivity contribution in [3.63, 3.8) is 0 Å². The van der Waals surface area contributed by atoms with Gasteiger partial charge >= 0.3 is 7.60 Å². The number of carbonyl (C=O) groups excluding carboxylic acids is 1. The molecule has 38 heavy (non-hydrogen) atoms. The number of nitrogens with one attached hydrogen (secondary N) is 1. The minimum Gasteiger partial charge on any atom is -0.493 e. The summed E-state index contributed by atoms with van der Waals surface area (Å²) < 4.78 is 30.3. The smallest absolute Gasteiger partial charge is 0.365 e. The van der Waals surface area contributed by atoms with Crippen molar-refractivity contribution >= 4 is 24.5 Å². The van der Waals surface area contributed by atoms with Gasteiger partial charge in [-0.3, -0.25) is 9.36 Å². The Morgan fingerprint density at radius 3 is 2.29 bits per heavy atom. The SMILES string of the molecule is CCOc1cc(CC(=O)N[C@@H](CC(C)C)c2ccccc2N2CCCCC2)ccc1P(=O)(OCC)OCC. The number of amides is 1. The lowest BCUT2D eigenvalue weighted by atomic mass is 9.94. The van der Waals surface area contributed by atoms with Crippen molar-refractivity contribution in [3.8, 4) is 5.75 Å². The fraction of sp³-hybridized carbons (Fsp3) is 0.567. The number of rotatable bonds is 14. The van der Waals surface area contributed by atoms with Crippen LogP contribution in [-0.2, 0) is 24.8 Å². The molecular formula is C30H45N2O5P. The Morgan fingerprint density at radius 1 is 0.974 bits per heavy atom. The molecule has 0 aromatic heterocycles. The maximum Gasteiger partial charge on any atom is 0.365 e. The van der Waals surface area contributed by atoms with E-state index in [4.69, 9.17) is 13.8 Å². The molecule has 1 saturated heterocycles. The number of hydrogen-bond donors (Lipinski definition) is 1. The van der Waals surface area contributed by atoms with E-state index < -0.39 is 7.60 Å². The van der Waals surface area contributed by atoms with E-state index in [9.17, 15) is 9.36 Å². The standard InChI is InChI=1S/C30H45N2O5P/c1-6-35-28-21-24(16-17-29(28)38(34,36-7-2)37-8-3)22-30(33)31-26(20-23(4)5)25-14-10-11-15-27(25)32-18-12-9-13-19-32/h10-11,14-17,21,23,26H,6-9,12-13,18-20,22H2,1-5H3,(H,31,33)/t26-/m0/s1. The summed E-state index contributed by atoms with van der Waals surface area (Å²) in [6, 6.07) is 13.7. The molecule has 210 valence electrons. The molecule has 1 N–H and O–H groups in total. The molecule has 1 aliphatic rings. The van der Waals surface area contributed by atoms with Crippen LogP contribution in [0, 0.1) is 5.92 Å². The second kappa shape index (κ2) is 14.7. The molecule has 2 aromatic rings. The van der Waals surface area contributed by atoms with Crippen LogP contribution >= 0.6 is 7.60 Å². The van der Waals surface area contributed by atoms with Crippen LogP contribution in [0.2, 0.25) is 0 Å². The maximum atomic E-state index is 13.4. The molecule has 7 nitrogen and oxygen atoms in total. The van der Waals surface area contributed by atoms with Gasteiger partial charge in [0, 0.05) is 18.8 Å². The number of ether oxygens (including phenoxy) is 1. The fourth-order valence-electron chi connectivity index (χ4n) is 5.05. The molecule has 0 saturated carbocycles. The summed E-state index contributed by atoms with van der Waals surface area (Å²) in [6.45, 7) is 12.8. The van der Waals surface area contributed by atoms with Crippen LogP contribution in [0.25, 0.3) is 0 Å². The lowest BCUT2D eigenvalue weighted by Gasteiger charge is -2.33. The lowest BCUT2D eigenvalue weighted by Crippen LogP contribution is -2.34. The number of anilines is 1. The molecule has 3 rings (SSSR count). The summed E-state index contributed by atoms with van der Waals surface area (Å²) >= 11 is 0. The Labute approximate surface area is 228 Å². The Balaban J connectivity index is 1.83. The van der Waals surface area contributed by atoms with Crippen LogP contribution in [0.3, 0.4) is 0 Å². The van der Waals surface area contributed by atoms with Gasteiger partial charge in [0.1, 0.15) is 11.1 Å². The Morgan fingerprint density at radius 2 is 1.66 bits per heavy atom. The molecule has 0 aliphatic carbocycles. The molecule has 1 fully saturated rings. The maximum absolute atomic E-state index is 13.4. The largest absolute Gasteiger partial charge is 0.493 e. The van der Waals surface area contributed by atoms with E-state index in [0.29, 0.717) is 23.6 Å². The van der Waals surface area contributed by atoms with Crippen LogP contribution in [0.1, 0.15) is 77.5 Å². The van der Waals surface area contributed by atoms with Gasteiger partial charge in [-0.05, 0) is 81.7 Å². The lowest BCUT2D eigenvalue weighted by molar-refractivity contribution is -0.121. The summed E-state index contributed by atoms with van der Waals surface area (Å²) in [5.74, 6) is 0.791. The van der Waals surface area contributed by atoms with Crippen LogP contribution in [0.5, 0.6) is 5.75 Å². The Hall–Kier alpha value is -2.34. The van der Waals surface area contributed by atoms with Gasteiger partial charge in [-0.2, -0.15) is 0 Å². The Bertz CT molecular complexity index is 1070. The number of hydrogen-bond acceptors (Lipinski definition) is 6. The first-order valence-electron chi connectivity index (χ1n) is 14.1. The summed E-state index contributed by atoms with van der Waals surface area (Å²) in [6.07, 6.45) is 4.72. The van der Waals surface area contributed by atoms with Gasteiger partial charge in [0.15, 0.2) is 0 Å². The molecule has 0 spiro atoms. The molecule has 8 heteroatoms. The highest BCUT2D eigenvalue weighted by molar-refractivity contribution is 7.62. The predicted molar refractivity (Wildman–Crippen MR) is 155 cm³/mol. The number of carbonyl (C=O) groups is 1. The van der Waals surface area contributed by atoms with Gasteiger partial charge in [0.25, 0.3) is 0 Å². The number of nitrogens with zero attached hydrogens (tertiary/aromatic N) is 1. The highest BCUT2D eigenvalue weighted by atomic mass is 31.2. The first kappa shape index (κ1) is 30.2. The van der Waals surface area contributed by atoms with Crippen LogP contribution in [0.15, 0.2) is 42.5 Å². The van der Waals surface area contributed by atoms with Crippen LogP contribution in [-0.4, -0.2) is 38.8 Å². The molecule has 0 bridgehead atoms. The molecule has 1 aliphatic heterocycles. The third kappa shape index (κ3) is 8.08. The summed E-state index contributed by atoms with van der Waals surface area (Å²) in [5, 5.41) is 3.71. The second-order valence-electron chi connectivity index (χ2n) is 10.1. The second-order valence-corrected chi connectivity index (χ2v) is 12.1. The third-order valence-corrected chi connectivity index (χ3v) is 8.79. The summed E-state index contributed by atoms with van der Waals surface area (Å²) in [7, 11) is -3.52. The number of benzene rings is 2. The van der Waals surface area contributed by atoms with Gasteiger partial charge in [0.05, 0.1) is 32.3 Å². The zero-order valence-electron chi connectivity index (χ0n) is 23.7. The predicted octanol–water partition coefficient (Wildman–Crippen LogP) is 6.41. The minimum atomic E-state index is -3.52. The Kier molecular flexibility index (Phi) is 11.7. The van der Waals surface area contributed by atoms with E-state index in [1.807, 2.05) is 6.92 Å². The fourth-order valence-corrected chi connectivity index (χ4v) is 6.74. The van der Waals surface area contributed by atoms with E-state index in [-0.39, 0.29) is 31.6 Å². The van der Waals surface area contributed by atoms with E-state index >= 15 is 0 Å². The van der Waals surface area contributed by atoms with Crippen molar-refractivity contribution in [2.45, 2.75) is 72.8 Å². The molecule has 0 unspecified atom stereocenters. The van der Waals surface area contributed by atoms with Gasteiger partial charge in [-0.15, -0.1) is 0 Å². The van der Waals surface area contributed by atoms with E-state index in [0.717, 1.165) is 25.1 Å². The van der Waals surface area contributed by atoms with E-state index in [1.54, 1.807) is 32.0 Å². The van der Waals surface area contributed by atoms with Crippen molar-refractivity contribution in [1.82, 2.24) is 5.32 Å². The highest BCUT2D eigenvalue weighted by Gasteiger charge is 2.31. The minimum absolute atomic E-state index is 0.0582. The monoisotopic (exact) mass is 544 g/mol. The van der Waals surface area contributed by atoms with Gasteiger partial charge < -0.3 is 24.0 Å². The average molecular weight is 545 g/mol. The van der Waals surface area contributed by atoms with Gasteiger partial charge in [-0.25, -0.2) is 0 Å². The van der Waals surface area contributed by atoms with Gasteiger partial charge in [0.2, 0.25) is 5.91 Å². The van der Waals surface area contributed by atoms with Crippen LogP contribution in [0.4, 0.5) is 5.69 Å². The molecule has 1 amide bonds. The first-order chi connectivity index (χ1) is 18.3. The van der Waals surface area contributed by atoms with Crippen molar-refractivity contribution < 1.29 is 23.1 Å². The van der Waals surface area contributed by atoms with Crippen molar-refractivity contribution in [1.29, 1.82) is 0 Å². The average Bonchev–Trinajstić information content (AvgIpc) is 2.89. The molecule has 1 heterocycles. The quantitative estimate of drug-likeness (QED) is 0.277. The van der Waals surface area contributed by atoms with E-state index in [2.05, 4.69) is 48.3 Å². The third-order valence-electron chi connectivity index (χ3n) is 6.63. The van der Waals surface area contributed by atoms with Gasteiger partial charge in [-0.1, -0.05) is 38.1 Å². The number of para-hydroxylation sites is 1. The van der Waals surface area contributed by atoms with Crippen molar-refractivity contribution in [3.05, 3.63) is 53.6 Å².